The number of amides is 3. The van der Waals surface area contributed by atoms with Crippen LogP contribution in [0.3, 0.4) is 0 Å². The summed E-state index contributed by atoms with van der Waals surface area (Å²) in [5.74, 6) is -2.40. The molecule has 2 aromatic rings. The van der Waals surface area contributed by atoms with Crippen LogP contribution < -0.4 is 15.5 Å². The Kier molecular flexibility index (Phi) is 8.62. The number of nitrogens with one attached hydrogen (secondary N) is 2. The minimum Gasteiger partial charge on any atom is -0.394 e. The molecule has 226 valence electrons. The lowest BCUT2D eigenvalue weighted by atomic mass is 9.66. The van der Waals surface area contributed by atoms with Crippen LogP contribution in [-0.2, 0) is 25.5 Å². The number of hydrogen-bond donors (Lipinski definition) is 3. The van der Waals surface area contributed by atoms with Crippen molar-refractivity contribution in [3.63, 3.8) is 0 Å². The van der Waals surface area contributed by atoms with E-state index in [1.165, 1.54) is 4.90 Å². The molecule has 42 heavy (non-hydrogen) atoms. The summed E-state index contributed by atoms with van der Waals surface area (Å²) in [5.41, 5.74) is 0.615. The van der Waals surface area contributed by atoms with Gasteiger partial charge in [0.15, 0.2) is 0 Å². The summed E-state index contributed by atoms with van der Waals surface area (Å²) in [7, 11) is 0. The Bertz CT molecular complexity index is 1280. The van der Waals surface area contributed by atoms with Crippen LogP contribution in [0.15, 0.2) is 54.6 Å². The fourth-order valence-electron chi connectivity index (χ4n) is 7.51. The number of aliphatic hydroxyl groups is 1. The van der Waals surface area contributed by atoms with E-state index in [-0.39, 0.29) is 24.3 Å². The van der Waals surface area contributed by atoms with Crippen LogP contribution in [0.5, 0.6) is 0 Å². The molecular weight excluding hydrogens is 532 g/mol. The highest BCUT2D eigenvalue weighted by atomic mass is 16.5. The van der Waals surface area contributed by atoms with Crippen molar-refractivity contribution in [3.8, 4) is 0 Å². The Labute approximate surface area is 248 Å². The van der Waals surface area contributed by atoms with E-state index < -0.39 is 35.1 Å². The number of fused-ring (bicyclic) bond motifs is 1. The molecule has 9 heteroatoms. The van der Waals surface area contributed by atoms with Crippen molar-refractivity contribution in [1.29, 1.82) is 0 Å². The second-order valence-electron chi connectivity index (χ2n) is 12.0. The molecule has 2 bridgehead atoms. The number of hydrogen-bond acceptors (Lipinski definition) is 6. The van der Waals surface area contributed by atoms with E-state index in [0.717, 1.165) is 30.8 Å². The van der Waals surface area contributed by atoms with Gasteiger partial charge in [-0.2, -0.15) is 0 Å². The second-order valence-corrected chi connectivity index (χ2v) is 12.0. The minimum atomic E-state index is -1.16. The van der Waals surface area contributed by atoms with Gasteiger partial charge in [0.1, 0.15) is 11.6 Å². The monoisotopic (exact) mass is 576 g/mol. The average molecular weight is 577 g/mol. The van der Waals surface area contributed by atoms with Crippen LogP contribution in [0.25, 0.3) is 0 Å². The summed E-state index contributed by atoms with van der Waals surface area (Å²) < 4.78 is 6.71. The van der Waals surface area contributed by atoms with E-state index in [9.17, 15) is 19.5 Å². The fourth-order valence-corrected chi connectivity index (χ4v) is 7.51. The van der Waals surface area contributed by atoms with E-state index in [2.05, 4.69) is 29.4 Å². The third-order valence-electron chi connectivity index (χ3n) is 9.48. The second kappa shape index (κ2) is 12.1. The zero-order valence-corrected chi connectivity index (χ0v) is 25.1. The third-order valence-corrected chi connectivity index (χ3v) is 9.48. The quantitative estimate of drug-likeness (QED) is 0.357. The topological polar surface area (TPSA) is 111 Å². The predicted octanol–water partition coefficient (Wildman–Crippen LogP) is 3.37. The van der Waals surface area contributed by atoms with Crippen molar-refractivity contribution in [2.45, 2.75) is 76.7 Å². The van der Waals surface area contributed by atoms with Gasteiger partial charge in [-0.1, -0.05) is 37.3 Å². The van der Waals surface area contributed by atoms with Gasteiger partial charge in [-0.15, -0.1) is 0 Å². The van der Waals surface area contributed by atoms with Gasteiger partial charge in [-0.05, 0) is 76.3 Å². The lowest BCUT2D eigenvalue weighted by molar-refractivity contribution is -0.147. The summed E-state index contributed by atoms with van der Waals surface area (Å²) in [6.45, 7) is 9.99. The summed E-state index contributed by atoms with van der Waals surface area (Å²) in [4.78, 5) is 45.9. The molecule has 5 rings (SSSR count). The molecule has 6 atom stereocenters. The maximum absolute atomic E-state index is 14.4. The fraction of sp³-hybridized carbons (Fsp3) is 0.545. The standard InChI is InChI=1S/C33H44N4O5/c1-5-19-34-29(39)26-27-31(41)37(25(21-38)20-22-11-9-8-10-12-22)28(33(27)18-17-32(26,4)42-33)30(40)35-23-13-15-24(16-14-23)36(6-2)7-3/h8-16,25-28,38H,5-7,17-21H2,1-4H3,(H,34,39)(H,35,40)/t25-,26+,27+,28?,32-,33?/m1/s1. The molecule has 0 aliphatic carbocycles. The Morgan fingerprint density at radius 3 is 2.36 bits per heavy atom. The first-order valence-corrected chi connectivity index (χ1v) is 15.3. The summed E-state index contributed by atoms with van der Waals surface area (Å²) >= 11 is 0. The molecule has 3 N–H and O–H groups in total. The molecule has 2 unspecified atom stereocenters. The van der Waals surface area contributed by atoms with Crippen molar-refractivity contribution in [2.75, 3.05) is 36.5 Å². The zero-order valence-electron chi connectivity index (χ0n) is 25.1. The SMILES string of the molecule is CCCNC(=O)[C@@H]1[C@H]2C(=O)N([C@@H](CO)Cc3ccccc3)C(C(=O)Nc3ccc(N(CC)CC)cc3)C23CC[C@@]1(C)O3. The van der Waals surface area contributed by atoms with Crippen molar-refractivity contribution >= 4 is 29.1 Å². The van der Waals surface area contributed by atoms with Crippen molar-refractivity contribution in [3.05, 3.63) is 60.2 Å². The number of carbonyl (C=O) groups excluding carboxylic acids is 3. The molecule has 2 aromatic carbocycles. The summed E-state index contributed by atoms with van der Waals surface area (Å²) in [6, 6.07) is 15.6. The number of anilines is 2. The molecule has 1 spiro atoms. The van der Waals surface area contributed by atoms with E-state index in [1.54, 1.807) is 0 Å². The molecule has 0 saturated carbocycles. The maximum atomic E-state index is 14.4. The van der Waals surface area contributed by atoms with E-state index in [0.29, 0.717) is 31.5 Å². The van der Waals surface area contributed by atoms with Gasteiger partial charge in [0, 0.05) is 31.0 Å². The first-order chi connectivity index (χ1) is 20.2. The summed E-state index contributed by atoms with van der Waals surface area (Å²) in [6.07, 6.45) is 2.20. The van der Waals surface area contributed by atoms with Crippen molar-refractivity contribution < 1.29 is 24.2 Å². The van der Waals surface area contributed by atoms with Gasteiger partial charge in [0.2, 0.25) is 17.7 Å². The van der Waals surface area contributed by atoms with Gasteiger partial charge >= 0.3 is 0 Å². The Morgan fingerprint density at radius 1 is 1.05 bits per heavy atom. The Hall–Kier alpha value is -3.43. The van der Waals surface area contributed by atoms with Gasteiger partial charge in [-0.3, -0.25) is 14.4 Å². The van der Waals surface area contributed by atoms with Crippen LogP contribution in [0.1, 0.15) is 52.5 Å². The van der Waals surface area contributed by atoms with E-state index >= 15 is 0 Å². The number of aliphatic hydroxyl groups excluding tert-OH is 1. The average Bonchev–Trinajstić information content (AvgIpc) is 3.57. The molecule has 3 amide bonds. The van der Waals surface area contributed by atoms with Crippen LogP contribution in [-0.4, -0.2) is 77.3 Å². The number of ether oxygens (including phenoxy) is 1. The highest BCUT2D eigenvalue weighted by Gasteiger charge is 2.78. The van der Waals surface area contributed by atoms with Gasteiger partial charge < -0.3 is 30.3 Å². The van der Waals surface area contributed by atoms with E-state index in [4.69, 9.17) is 4.74 Å². The lowest BCUT2D eigenvalue weighted by Gasteiger charge is -2.37. The number of benzene rings is 2. The van der Waals surface area contributed by atoms with E-state index in [1.807, 2.05) is 68.4 Å². The molecule has 0 radical (unpaired) electrons. The molecule has 9 nitrogen and oxygen atoms in total. The van der Waals surface area contributed by atoms with Gasteiger partial charge in [-0.25, -0.2) is 0 Å². The molecule has 3 fully saturated rings. The van der Waals surface area contributed by atoms with Crippen LogP contribution in [0, 0.1) is 11.8 Å². The minimum absolute atomic E-state index is 0.212. The normalized spacial score (nSPS) is 28.5. The number of rotatable bonds is 12. The molecule has 3 aliphatic rings. The Balaban J connectivity index is 1.51. The highest BCUT2D eigenvalue weighted by molar-refractivity contribution is 6.04. The first-order valence-electron chi connectivity index (χ1n) is 15.3. The number of nitrogens with zero attached hydrogens (tertiary/aromatic N) is 2. The summed E-state index contributed by atoms with van der Waals surface area (Å²) in [5, 5.41) is 16.6. The van der Waals surface area contributed by atoms with Gasteiger partial charge in [0.05, 0.1) is 30.1 Å². The largest absolute Gasteiger partial charge is 0.394 e. The Morgan fingerprint density at radius 2 is 1.74 bits per heavy atom. The highest BCUT2D eigenvalue weighted by Crippen LogP contribution is 2.63. The van der Waals surface area contributed by atoms with Crippen LogP contribution in [0.4, 0.5) is 11.4 Å². The smallest absolute Gasteiger partial charge is 0.250 e. The van der Waals surface area contributed by atoms with Crippen LogP contribution in [0.2, 0.25) is 0 Å². The molecule has 3 heterocycles. The van der Waals surface area contributed by atoms with Gasteiger partial charge in [0.25, 0.3) is 0 Å². The van der Waals surface area contributed by atoms with Crippen LogP contribution >= 0.6 is 0 Å². The lowest BCUT2D eigenvalue weighted by Crippen LogP contribution is -2.57. The first kappa shape index (κ1) is 30.0. The predicted molar refractivity (Wildman–Crippen MR) is 162 cm³/mol. The number of carbonyl (C=O) groups is 3. The van der Waals surface area contributed by atoms with Crippen molar-refractivity contribution in [2.24, 2.45) is 11.8 Å². The number of likely N-dealkylation sites (tertiary alicyclic amines) is 1. The molecular formula is C33H44N4O5. The maximum Gasteiger partial charge on any atom is 0.250 e. The molecule has 3 saturated heterocycles. The third kappa shape index (κ3) is 5.07. The van der Waals surface area contributed by atoms with Crippen molar-refractivity contribution in [1.82, 2.24) is 10.2 Å². The molecule has 3 aliphatic heterocycles. The molecule has 0 aromatic heterocycles. The zero-order chi connectivity index (χ0) is 30.1.